The lowest BCUT2D eigenvalue weighted by atomic mass is 10.0. The van der Waals surface area contributed by atoms with Gasteiger partial charge in [-0.3, -0.25) is 19.5 Å². The summed E-state index contributed by atoms with van der Waals surface area (Å²) in [4.78, 5) is 40.0. The number of H-pyrrole nitrogens is 1. The number of amides is 3. The Hall–Kier alpha value is -4.72. The first-order chi connectivity index (χ1) is 16.5. The Kier molecular flexibility index (Phi) is 5.39. The van der Waals surface area contributed by atoms with Crippen LogP contribution in [0.5, 0.6) is 5.75 Å². The third-order valence-electron chi connectivity index (χ3n) is 5.49. The largest absolute Gasteiger partial charge is 0.494 e. The predicted octanol–water partition coefficient (Wildman–Crippen LogP) is 4.53. The Bertz CT molecular complexity index is 1390. The molecule has 8 heteroatoms. The molecule has 4 aromatic rings. The number of hydrogen-bond acceptors (Lipinski definition) is 5. The topological polar surface area (TPSA) is 104 Å². The van der Waals surface area contributed by atoms with Gasteiger partial charge in [0.25, 0.3) is 17.7 Å². The van der Waals surface area contributed by atoms with Crippen molar-refractivity contribution in [3.05, 3.63) is 95.7 Å². The maximum atomic E-state index is 13.1. The molecule has 0 bridgehead atoms. The SMILES string of the molecule is CCOc1ccc(N2C(=O)c3ccc(C(=O)Nc4cccc(-c5ccn[nH]5)c4)cc3C2=O)cc1. The van der Waals surface area contributed by atoms with E-state index in [0.717, 1.165) is 16.2 Å². The fourth-order valence-electron chi connectivity index (χ4n) is 3.86. The highest BCUT2D eigenvalue weighted by Gasteiger charge is 2.37. The van der Waals surface area contributed by atoms with Gasteiger partial charge in [-0.15, -0.1) is 0 Å². The van der Waals surface area contributed by atoms with Gasteiger partial charge >= 0.3 is 0 Å². The third-order valence-corrected chi connectivity index (χ3v) is 5.49. The summed E-state index contributed by atoms with van der Waals surface area (Å²) in [7, 11) is 0. The van der Waals surface area contributed by atoms with Crippen LogP contribution in [-0.4, -0.2) is 34.5 Å². The van der Waals surface area contributed by atoms with Crippen LogP contribution in [0.4, 0.5) is 11.4 Å². The molecule has 1 aliphatic rings. The van der Waals surface area contributed by atoms with Gasteiger partial charge in [0.1, 0.15) is 5.75 Å². The maximum Gasteiger partial charge on any atom is 0.266 e. The van der Waals surface area contributed by atoms with Crippen molar-refractivity contribution in [2.75, 3.05) is 16.8 Å². The Morgan fingerprint density at radius 3 is 2.50 bits per heavy atom. The Labute approximate surface area is 195 Å². The molecule has 0 aliphatic carbocycles. The van der Waals surface area contributed by atoms with Crippen LogP contribution in [0, 0.1) is 0 Å². The van der Waals surface area contributed by atoms with Gasteiger partial charge in [0, 0.05) is 23.0 Å². The normalized spacial score (nSPS) is 12.6. The molecule has 0 saturated heterocycles. The molecule has 3 aromatic carbocycles. The molecule has 168 valence electrons. The van der Waals surface area contributed by atoms with Gasteiger partial charge in [0.05, 0.1) is 29.1 Å². The zero-order valence-corrected chi connectivity index (χ0v) is 18.2. The van der Waals surface area contributed by atoms with E-state index in [4.69, 9.17) is 4.74 Å². The number of fused-ring (bicyclic) bond motifs is 1. The smallest absolute Gasteiger partial charge is 0.266 e. The van der Waals surface area contributed by atoms with Gasteiger partial charge in [0.15, 0.2) is 0 Å². The highest BCUT2D eigenvalue weighted by molar-refractivity contribution is 6.34. The fourth-order valence-corrected chi connectivity index (χ4v) is 3.86. The van der Waals surface area contributed by atoms with Crippen molar-refractivity contribution in [1.29, 1.82) is 0 Å². The van der Waals surface area contributed by atoms with Crippen LogP contribution in [0.3, 0.4) is 0 Å². The van der Waals surface area contributed by atoms with Gasteiger partial charge in [-0.2, -0.15) is 5.10 Å². The van der Waals surface area contributed by atoms with E-state index in [2.05, 4.69) is 15.5 Å². The third kappa shape index (κ3) is 3.81. The van der Waals surface area contributed by atoms with Crippen LogP contribution < -0.4 is 15.0 Å². The molecule has 0 fully saturated rings. The van der Waals surface area contributed by atoms with Crippen LogP contribution in [-0.2, 0) is 0 Å². The van der Waals surface area contributed by atoms with E-state index in [1.165, 1.54) is 12.1 Å². The quantitative estimate of drug-likeness (QED) is 0.418. The van der Waals surface area contributed by atoms with Crippen LogP contribution in [0.25, 0.3) is 11.3 Å². The first kappa shape index (κ1) is 21.1. The second kappa shape index (κ2) is 8.67. The molecular weight excluding hydrogens is 432 g/mol. The van der Waals surface area contributed by atoms with Crippen LogP contribution in [0.2, 0.25) is 0 Å². The summed E-state index contributed by atoms with van der Waals surface area (Å²) in [6.45, 7) is 2.40. The number of ether oxygens (including phenoxy) is 1. The van der Waals surface area contributed by atoms with E-state index in [1.54, 1.807) is 42.6 Å². The number of benzene rings is 3. The highest BCUT2D eigenvalue weighted by Crippen LogP contribution is 2.30. The van der Waals surface area contributed by atoms with E-state index in [9.17, 15) is 14.4 Å². The molecule has 1 aromatic heterocycles. The summed E-state index contributed by atoms with van der Waals surface area (Å²) < 4.78 is 5.42. The molecule has 1 aliphatic heterocycles. The van der Waals surface area contributed by atoms with Crippen molar-refractivity contribution in [3.63, 3.8) is 0 Å². The van der Waals surface area contributed by atoms with E-state index >= 15 is 0 Å². The van der Waals surface area contributed by atoms with Gasteiger partial charge in [0.2, 0.25) is 0 Å². The minimum absolute atomic E-state index is 0.192. The number of hydrogen-bond donors (Lipinski definition) is 2. The zero-order chi connectivity index (χ0) is 23.7. The lowest BCUT2D eigenvalue weighted by Gasteiger charge is -2.14. The first-order valence-corrected chi connectivity index (χ1v) is 10.7. The minimum Gasteiger partial charge on any atom is -0.494 e. The molecule has 0 saturated carbocycles. The van der Waals surface area contributed by atoms with Crippen LogP contribution >= 0.6 is 0 Å². The summed E-state index contributed by atoms with van der Waals surface area (Å²) in [6, 6.07) is 20.4. The molecule has 0 atom stereocenters. The first-order valence-electron chi connectivity index (χ1n) is 10.7. The molecule has 8 nitrogen and oxygen atoms in total. The average Bonchev–Trinajstić information content (AvgIpc) is 3.47. The Balaban J connectivity index is 1.37. The van der Waals surface area contributed by atoms with E-state index in [1.807, 2.05) is 31.2 Å². The van der Waals surface area contributed by atoms with Crippen molar-refractivity contribution >= 4 is 29.1 Å². The van der Waals surface area contributed by atoms with Crippen molar-refractivity contribution in [2.45, 2.75) is 6.92 Å². The predicted molar refractivity (Wildman–Crippen MR) is 127 cm³/mol. The molecule has 2 N–H and O–H groups in total. The van der Waals surface area contributed by atoms with E-state index in [-0.39, 0.29) is 22.6 Å². The van der Waals surface area contributed by atoms with Crippen molar-refractivity contribution in [2.24, 2.45) is 0 Å². The van der Waals surface area contributed by atoms with E-state index in [0.29, 0.717) is 23.7 Å². The standard InChI is InChI=1S/C26H20N4O4/c1-2-34-20-9-7-19(8-10-20)30-25(32)21-11-6-17(15-22(21)26(30)33)24(31)28-18-5-3-4-16(14-18)23-12-13-27-29-23/h3-15H,2H2,1H3,(H,27,29)(H,28,31). The molecule has 5 rings (SSSR count). The number of rotatable bonds is 6. The maximum absolute atomic E-state index is 13.1. The van der Waals surface area contributed by atoms with Crippen LogP contribution in [0.15, 0.2) is 79.0 Å². The summed E-state index contributed by atoms with van der Waals surface area (Å²) >= 11 is 0. The number of anilines is 2. The van der Waals surface area contributed by atoms with Crippen molar-refractivity contribution in [1.82, 2.24) is 10.2 Å². The lowest BCUT2D eigenvalue weighted by Crippen LogP contribution is -2.29. The van der Waals surface area contributed by atoms with E-state index < -0.39 is 11.8 Å². The molecule has 0 unspecified atom stereocenters. The number of nitrogens with zero attached hydrogens (tertiary/aromatic N) is 2. The molecule has 2 heterocycles. The molecular formula is C26H20N4O4. The lowest BCUT2D eigenvalue weighted by molar-refractivity contribution is 0.0925. The Morgan fingerprint density at radius 1 is 0.971 bits per heavy atom. The molecule has 0 spiro atoms. The van der Waals surface area contributed by atoms with Gasteiger partial charge < -0.3 is 10.1 Å². The fraction of sp³-hybridized carbons (Fsp3) is 0.0769. The summed E-state index contributed by atoms with van der Waals surface area (Å²) in [5.41, 5.74) is 3.46. The average molecular weight is 452 g/mol. The number of carbonyl (C=O) groups is 3. The number of carbonyl (C=O) groups excluding carboxylic acids is 3. The molecule has 0 radical (unpaired) electrons. The summed E-state index contributed by atoms with van der Waals surface area (Å²) in [5.74, 6) is -0.633. The highest BCUT2D eigenvalue weighted by atomic mass is 16.5. The second-order valence-corrected chi connectivity index (χ2v) is 7.64. The zero-order valence-electron chi connectivity index (χ0n) is 18.2. The van der Waals surface area contributed by atoms with Crippen molar-refractivity contribution < 1.29 is 19.1 Å². The number of aromatic amines is 1. The van der Waals surface area contributed by atoms with Gasteiger partial charge in [-0.05, 0) is 67.6 Å². The second-order valence-electron chi connectivity index (χ2n) is 7.64. The van der Waals surface area contributed by atoms with Gasteiger partial charge in [-0.1, -0.05) is 12.1 Å². The monoisotopic (exact) mass is 452 g/mol. The summed E-state index contributed by atoms with van der Waals surface area (Å²) in [5, 5.41) is 9.67. The number of nitrogens with one attached hydrogen (secondary N) is 2. The Morgan fingerprint density at radius 2 is 1.76 bits per heavy atom. The van der Waals surface area contributed by atoms with Crippen LogP contribution in [0.1, 0.15) is 38.0 Å². The number of imide groups is 1. The summed E-state index contributed by atoms with van der Waals surface area (Å²) in [6.07, 6.45) is 1.65. The van der Waals surface area contributed by atoms with Gasteiger partial charge in [-0.25, -0.2) is 4.90 Å². The minimum atomic E-state index is -0.472. The van der Waals surface area contributed by atoms with Crippen molar-refractivity contribution in [3.8, 4) is 17.0 Å². The molecule has 34 heavy (non-hydrogen) atoms. The number of aromatic nitrogens is 2. The molecule has 3 amide bonds.